The molecular formula is C21H21NO3. The zero-order valence-electron chi connectivity index (χ0n) is 14.3. The summed E-state index contributed by atoms with van der Waals surface area (Å²) in [6.07, 6.45) is 2.19. The van der Waals surface area contributed by atoms with Gasteiger partial charge in [0.05, 0.1) is 6.10 Å². The molecule has 0 saturated carbocycles. The Kier molecular flexibility index (Phi) is 4.14. The van der Waals surface area contributed by atoms with Crippen LogP contribution in [-0.4, -0.2) is 42.4 Å². The van der Waals surface area contributed by atoms with E-state index in [2.05, 4.69) is 0 Å². The smallest absolute Gasteiger partial charge is 0.253 e. The molecule has 0 unspecified atom stereocenters. The third kappa shape index (κ3) is 2.76. The zero-order valence-corrected chi connectivity index (χ0v) is 14.3. The number of fused-ring (bicyclic) bond motifs is 3. The molecule has 0 bridgehead atoms. The predicted octanol–water partition coefficient (Wildman–Crippen LogP) is 3.54. The molecule has 1 heterocycles. The number of ether oxygens (including phenoxy) is 1. The van der Waals surface area contributed by atoms with Gasteiger partial charge in [0.1, 0.15) is 0 Å². The van der Waals surface area contributed by atoms with Crippen molar-refractivity contribution in [2.45, 2.75) is 25.9 Å². The summed E-state index contributed by atoms with van der Waals surface area (Å²) in [6, 6.07) is 13.1. The Balaban J connectivity index is 1.61. The molecule has 128 valence electrons. The molecule has 4 heteroatoms. The molecule has 4 nitrogen and oxygen atoms in total. The van der Waals surface area contributed by atoms with Crippen molar-refractivity contribution in [1.29, 1.82) is 0 Å². The van der Waals surface area contributed by atoms with Crippen molar-refractivity contribution >= 4 is 11.7 Å². The predicted molar refractivity (Wildman–Crippen MR) is 95.9 cm³/mol. The number of amides is 1. The van der Waals surface area contributed by atoms with Crippen LogP contribution in [-0.2, 0) is 4.74 Å². The van der Waals surface area contributed by atoms with Crippen LogP contribution >= 0.6 is 0 Å². The van der Waals surface area contributed by atoms with Crippen molar-refractivity contribution in [3.05, 3.63) is 59.2 Å². The van der Waals surface area contributed by atoms with Gasteiger partial charge < -0.3 is 9.64 Å². The highest BCUT2D eigenvalue weighted by Crippen LogP contribution is 2.36. The highest BCUT2D eigenvalue weighted by molar-refractivity contribution is 6.22. The van der Waals surface area contributed by atoms with E-state index >= 15 is 0 Å². The lowest BCUT2D eigenvalue weighted by atomic mass is 10.0. The monoisotopic (exact) mass is 335 g/mol. The highest BCUT2D eigenvalue weighted by atomic mass is 16.5. The van der Waals surface area contributed by atoms with Crippen LogP contribution < -0.4 is 0 Å². The largest absolute Gasteiger partial charge is 0.376 e. The molecule has 4 rings (SSSR count). The number of ketones is 1. The molecule has 1 aliphatic carbocycles. The van der Waals surface area contributed by atoms with Gasteiger partial charge in [0.25, 0.3) is 5.91 Å². The number of carbonyl (C=O) groups excluding carboxylic acids is 2. The molecule has 0 radical (unpaired) electrons. The first-order chi connectivity index (χ1) is 12.2. The minimum atomic E-state index is -0.0374. The Morgan fingerprint density at radius 2 is 1.88 bits per heavy atom. The van der Waals surface area contributed by atoms with Crippen LogP contribution in [0.5, 0.6) is 0 Å². The maximum absolute atomic E-state index is 12.9. The molecule has 0 spiro atoms. The van der Waals surface area contributed by atoms with Gasteiger partial charge in [-0.2, -0.15) is 0 Å². The van der Waals surface area contributed by atoms with E-state index in [1.165, 1.54) is 0 Å². The molecule has 1 amide bonds. The maximum Gasteiger partial charge on any atom is 0.253 e. The van der Waals surface area contributed by atoms with Gasteiger partial charge in [-0.15, -0.1) is 0 Å². The van der Waals surface area contributed by atoms with Crippen LogP contribution in [0.4, 0.5) is 0 Å². The number of hydrogen-bond acceptors (Lipinski definition) is 3. The summed E-state index contributed by atoms with van der Waals surface area (Å²) >= 11 is 0. The summed E-state index contributed by atoms with van der Waals surface area (Å²) in [5.74, 6) is -0.0352. The Hall–Kier alpha value is -2.46. The zero-order chi connectivity index (χ0) is 17.4. The quantitative estimate of drug-likeness (QED) is 0.733. The molecule has 2 aromatic carbocycles. The van der Waals surface area contributed by atoms with E-state index in [4.69, 9.17) is 4.74 Å². The number of benzene rings is 2. The van der Waals surface area contributed by atoms with E-state index in [0.29, 0.717) is 29.8 Å². The standard InChI is InChI=1S/C21H21NO3/c1-2-22(13-15-6-5-11-25-15)21(24)14-9-10-17-16-7-3-4-8-18(16)20(23)19(17)12-14/h3-4,7-10,12,15H,2,5-6,11,13H2,1H3/t15-/m0/s1. The summed E-state index contributed by atoms with van der Waals surface area (Å²) in [6.45, 7) is 3.99. The third-order valence-electron chi connectivity index (χ3n) is 5.09. The first kappa shape index (κ1) is 16.0. The van der Waals surface area contributed by atoms with E-state index in [-0.39, 0.29) is 17.8 Å². The fourth-order valence-electron chi connectivity index (χ4n) is 3.73. The van der Waals surface area contributed by atoms with Crippen LogP contribution in [0.25, 0.3) is 11.1 Å². The van der Waals surface area contributed by atoms with Gasteiger partial charge in [-0.25, -0.2) is 0 Å². The first-order valence-corrected chi connectivity index (χ1v) is 8.88. The number of nitrogens with zero attached hydrogens (tertiary/aromatic N) is 1. The minimum Gasteiger partial charge on any atom is -0.376 e. The summed E-state index contributed by atoms with van der Waals surface area (Å²) in [4.78, 5) is 27.3. The van der Waals surface area contributed by atoms with E-state index < -0.39 is 0 Å². The normalized spacial score (nSPS) is 18.1. The molecule has 0 N–H and O–H groups in total. The van der Waals surface area contributed by atoms with Gasteiger partial charge in [-0.1, -0.05) is 30.3 Å². The molecule has 2 aromatic rings. The second-order valence-electron chi connectivity index (χ2n) is 6.61. The molecule has 0 aromatic heterocycles. The molecule has 2 aliphatic rings. The minimum absolute atomic E-state index is 0.00225. The second-order valence-corrected chi connectivity index (χ2v) is 6.61. The van der Waals surface area contributed by atoms with Crippen LogP contribution in [0.3, 0.4) is 0 Å². The third-order valence-corrected chi connectivity index (χ3v) is 5.09. The lowest BCUT2D eigenvalue weighted by molar-refractivity contribution is 0.0539. The first-order valence-electron chi connectivity index (χ1n) is 8.88. The lowest BCUT2D eigenvalue weighted by Gasteiger charge is -2.24. The molecule has 1 aliphatic heterocycles. The Morgan fingerprint density at radius 3 is 2.60 bits per heavy atom. The number of rotatable bonds is 4. The van der Waals surface area contributed by atoms with Crippen molar-refractivity contribution in [3.8, 4) is 11.1 Å². The van der Waals surface area contributed by atoms with Crippen LogP contribution in [0.15, 0.2) is 42.5 Å². The summed E-state index contributed by atoms with van der Waals surface area (Å²) in [7, 11) is 0. The summed E-state index contributed by atoms with van der Waals surface area (Å²) in [5, 5.41) is 0. The fraction of sp³-hybridized carbons (Fsp3) is 0.333. The summed E-state index contributed by atoms with van der Waals surface area (Å²) < 4.78 is 5.66. The van der Waals surface area contributed by atoms with Crippen molar-refractivity contribution in [1.82, 2.24) is 4.90 Å². The van der Waals surface area contributed by atoms with Gasteiger partial charge in [0.15, 0.2) is 5.78 Å². The molecule has 25 heavy (non-hydrogen) atoms. The van der Waals surface area contributed by atoms with Crippen LogP contribution in [0, 0.1) is 0 Å². The SMILES string of the molecule is CCN(C[C@@H]1CCCO1)C(=O)c1ccc2c(c1)C(=O)c1ccccc1-2. The topological polar surface area (TPSA) is 46.6 Å². The fourth-order valence-corrected chi connectivity index (χ4v) is 3.73. The Morgan fingerprint density at radius 1 is 1.12 bits per heavy atom. The van der Waals surface area contributed by atoms with Crippen molar-refractivity contribution in [3.63, 3.8) is 0 Å². The number of carbonyl (C=O) groups is 2. The average molecular weight is 335 g/mol. The highest BCUT2D eigenvalue weighted by Gasteiger charge is 2.28. The summed E-state index contributed by atoms with van der Waals surface area (Å²) in [5.41, 5.74) is 3.78. The van der Waals surface area contributed by atoms with Gasteiger partial charge in [0, 0.05) is 36.4 Å². The molecule has 1 saturated heterocycles. The number of likely N-dealkylation sites (N-methyl/N-ethyl adjacent to an activating group) is 1. The maximum atomic E-state index is 12.9. The Labute approximate surface area is 147 Å². The molecule has 1 atom stereocenters. The lowest BCUT2D eigenvalue weighted by Crippen LogP contribution is -2.37. The Bertz CT molecular complexity index is 837. The van der Waals surface area contributed by atoms with E-state index in [1.54, 1.807) is 6.07 Å². The number of hydrogen-bond donors (Lipinski definition) is 0. The second kappa shape index (κ2) is 6.45. The van der Waals surface area contributed by atoms with Gasteiger partial charge in [0.2, 0.25) is 0 Å². The molecular weight excluding hydrogens is 314 g/mol. The van der Waals surface area contributed by atoms with Gasteiger partial charge in [-0.05, 0) is 43.0 Å². The molecule has 1 fully saturated rings. The van der Waals surface area contributed by atoms with E-state index in [1.807, 2.05) is 48.2 Å². The van der Waals surface area contributed by atoms with Gasteiger partial charge in [-0.3, -0.25) is 9.59 Å². The van der Waals surface area contributed by atoms with E-state index in [0.717, 1.165) is 30.6 Å². The van der Waals surface area contributed by atoms with Crippen LogP contribution in [0.1, 0.15) is 46.0 Å². The van der Waals surface area contributed by atoms with Crippen LogP contribution in [0.2, 0.25) is 0 Å². The van der Waals surface area contributed by atoms with Crippen molar-refractivity contribution < 1.29 is 14.3 Å². The van der Waals surface area contributed by atoms with Crippen molar-refractivity contribution in [2.24, 2.45) is 0 Å². The van der Waals surface area contributed by atoms with E-state index in [9.17, 15) is 9.59 Å². The average Bonchev–Trinajstić information content (AvgIpc) is 3.26. The van der Waals surface area contributed by atoms with Gasteiger partial charge >= 0.3 is 0 Å². The van der Waals surface area contributed by atoms with Crippen molar-refractivity contribution in [2.75, 3.05) is 19.7 Å².